The number of hydrogen-bond acceptors (Lipinski definition) is 5. The Morgan fingerprint density at radius 1 is 1.38 bits per heavy atom. The van der Waals surface area contributed by atoms with Gasteiger partial charge in [0.15, 0.2) is 0 Å². The van der Waals surface area contributed by atoms with Crippen molar-refractivity contribution in [2.75, 3.05) is 6.54 Å². The third-order valence-electron chi connectivity index (χ3n) is 4.77. The van der Waals surface area contributed by atoms with Crippen molar-refractivity contribution in [3.63, 3.8) is 0 Å². The minimum absolute atomic E-state index is 0.185. The van der Waals surface area contributed by atoms with Gasteiger partial charge in [0.1, 0.15) is 18.1 Å². The Morgan fingerprint density at radius 3 is 2.81 bits per heavy atom. The fourth-order valence-electron chi connectivity index (χ4n) is 3.43. The molecular weight excluding hydrogens is 340 g/mol. The summed E-state index contributed by atoms with van der Waals surface area (Å²) >= 11 is 0. The summed E-state index contributed by atoms with van der Waals surface area (Å²) in [6, 6.07) is -2.18. The van der Waals surface area contributed by atoms with Crippen molar-refractivity contribution in [2.24, 2.45) is 5.73 Å². The number of amides is 4. The number of aromatic amines is 1. The molecule has 26 heavy (non-hydrogen) atoms. The molecule has 3 heterocycles. The van der Waals surface area contributed by atoms with Crippen LogP contribution in [0.4, 0.5) is 0 Å². The lowest BCUT2D eigenvalue weighted by molar-refractivity contribution is -0.140. The van der Waals surface area contributed by atoms with Crippen LogP contribution in [0.25, 0.3) is 0 Å². The van der Waals surface area contributed by atoms with Crippen LogP contribution in [0.2, 0.25) is 0 Å². The van der Waals surface area contributed by atoms with E-state index in [9.17, 15) is 19.2 Å². The van der Waals surface area contributed by atoms with Gasteiger partial charge < -0.3 is 26.3 Å². The van der Waals surface area contributed by atoms with Gasteiger partial charge in [-0.2, -0.15) is 0 Å². The maximum atomic E-state index is 13.0. The standard InChI is InChI=1S/C16H22N6O4/c17-14(24)12-2-1-5-22(12)16(26)11(6-9-7-18-8-19-9)21-15(25)10-3-4-13(23)20-10/h7-8,10-12H,1-6H2,(H2,17,24)(H,18,19)(H,20,23)(H,21,25)/t10-,11?,12+/m1/s1. The average molecular weight is 362 g/mol. The van der Waals surface area contributed by atoms with E-state index >= 15 is 0 Å². The Bertz CT molecular complexity index is 704. The number of carbonyl (C=O) groups is 4. The Morgan fingerprint density at radius 2 is 2.19 bits per heavy atom. The second-order valence-electron chi connectivity index (χ2n) is 6.59. The molecule has 1 aromatic rings. The lowest BCUT2D eigenvalue weighted by Crippen LogP contribution is -2.56. The van der Waals surface area contributed by atoms with Gasteiger partial charge in [0.25, 0.3) is 0 Å². The van der Waals surface area contributed by atoms with Crippen molar-refractivity contribution in [3.8, 4) is 0 Å². The van der Waals surface area contributed by atoms with E-state index in [1.165, 1.54) is 11.2 Å². The Balaban J connectivity index is 1.74. The number of aromatic nitrogens is 2. The number of likely N-dealkylation sites (tertiary alicyclic amines) is 1. The van der Waals surface area contributed by atoms with Crippen LogP contribution >= 0.6 is 0 Å². The minimum atomic E-state index is -0.875. The number of nitrogens with two attached hydrogens (primary N) is 1. The highest BCUT2D eigenvalue weighted by molar-refractivity contribution is 5.95. The molecule has 140 valence electrons. The number of nitrogens with zero attached hydrogens (tertiary/aromatic N) is 2. The summed E-state index contributed by atoms with van der Waals surface area (Å²) in [5, 5.41) is 5.29. The van der Waals surface area contributed by atoms with Crippen molar-refractivity contribution in [1.29, 1.82) is 0 Å². The second-order valence-corrected chi connectivity index (χ2v) is 6.59. The van der Waals surface area contributed by atoms with E-state index in [-0.39, 0.29) is 24.7 Å². The molecule has 1 aromatic heterocycles. The maximum absolute atomic E-state index is 13.0. The SMILES string of the molecule is NC(=O)[C@@H]1CCCN1C(=O)C(Cc1cnc[nH]1)NC(=O)[C@H]1CCC(=O)N1. The van der Waals surface area contributed by atoms with Crippen LogP contribution in [0.15, 0.2) is 12.5 Å². The number of hydrogen-bond donors (Lipinski definition) is 4. The summed E-state index contributed by atoms with van der Waals surface area (Å²) in [5.41, 5.74) is 6.07. The second kappa shape index (κ2) is 7.54. The summed E-state index contributed by atoms with van der Waals surface area (Å²) in [4.78, 5) is 56.6. The van der Waals surface area contributed by atoms with Gasteiger partial charge in [0, 0.05) is 31.3 Å². The molecule has 10 heteroatoms. The largest absolute Gasteiger partial charge is 0.368 e. The van der Waals surface area contributed by atoms with Gasteiger partial charge in [0.2, 0.25) is 23.6 Å². The molecule has 4 amide bonds. The normalized spacial score (nSPS) is 23.5. The summed E-state index contributed by atoms with van der Waals surface area (Å²) in [6.07, 6.45) is 5.13. The molecule has 1 unspecified atom stereocenters. The molecule has 0 aromatic carbocycles. The molecule has 2 aliphatic rings. The summed E-state index contributed by atoms with van der Waals surface area (Å²) in [6.45, 7) is 0.419. The highest BCUT2D eigenvalue weighted by Gasteiger charge is 2.38. The molecule has 2 saturated heterocycles. The van der Waals surface area contributed by atoms with Gasteiger partial charge in [-0.05, 0) is 19.3 Å². The first-order chi connectivity index (χ1) is 12.5. The molecule has 0 aliphatic carbocycles. The van der Waals surface area contributed by atoms with Gasteiger partial charge in [0.05, 0.1) is 6.33 Å². The zero-order chi connectivity index (χ0) is 18.7. The third kappa shape index (κ3) is 3.84. The van der Waals surface area contributed by atoms with Crippen LogP contribution in [-0.2, 0) is 25.6 Å². The topological polar surface area (TPSA) is 150 Å². The Kier molecular flexibility index (Phi) is 5.19. The van der Waals surface area contributed by atoms with E-state index in [4.69, 9.17) is 5.73 Å². The van der Waals surface area contributed by atoms with Crippen molar-refractivity contribution in [1.82, 2.24) is 25.5 Å². The van der Waals surface area contributed by atoms with Gasteiger partial charge in [-0.25, -0.2) is 4.98 Å². The molecular formula is C16H22N6O4. The van der Waals surface area contributed by atoms with Gasteiger partial charge in [-0.3, -0.25) is 19.2 Å². The lowest BCUT2D eigenvalue weighted by atomic mass is 10.1. The van der Waals surface area contributed by atoms with Crippen LogP contribution in [0, 0.1) is 0 Å². The third-order valence-corrected chi connectivity index (χ3v) is 4.77. The summed E-state index contributed by atoms with van der Waals surface area (Å²) in [5.74, 6) is -1.51. The zero-order valence-electron chi connectivity index (χ0n) is 14.2. The van der Waals surface area contributed by atoms with Gasteiger partial charge in [-0.15, -0.1) is 0 Å². The number of H-pyrrole nitrogens is 1. The van der Waals surface area contributed by atoms with Crippen LogP contribution < -0.4 is 16.4 Å². The van der Waals surface area contributed by atoms with Gasteiger partial charge in [-0.1, -0.05) is 0 Å². The van der Waals surface area contributed by atoms with E-state index in [0.717, 1.165) is 0 Å². The molecule has 2 fully saturated rings. The monoisotopic (exact) mass is 362 g/mol. The van der Waals surface area contributed by atoms with Crippen molar-refractivity contribution < 1.29 is 19.2 Å². The predicted octanol–water partition coefficient (Wildman–Crippen LogP) is -1.81. The zero-order valence-corrected chi connectivity index (χ0v) is 14.2. The van der Waals surface area contributed by atoms with Crippen LogP contribution in [0.5, 0.6) is 0 Å². The molecule has 0 saturated carbocycles. The van der Waals surface area contributed by atoms with Crippen molar-refractivity contribution in [2.45, 2.75) is 50.2 Å². The number of nitrogens with one attached hydrogen (secondary N) is 3. The Hall–Kier alpha value is -2.91. The van der Waals surface area contributed by atoms with E-state index in [1.54, 1.807) is 6.20 Å². The van der Waals surface area contributed by atoms with Crippen LogP contribution in [0.1, 0.15) is 31.4 Å². The van der Waals surface area contributed by atoms with Gasteiger partial charge >= 0.3 is 0 Å². The number of rotatable bonds is 6. The highest BCUT2D eigenvalue weighted by atomic mass is 16.2. The molecule has 0 radical (unpaired) electrons. The lowest BCUT2D eigenvalue weighted by Gasteiger charge is -2.28. The molecule has 10 nitrogen and oxygen atoms in total. The first kappa shape index (κ1) is 17.9. The van der Waals surface area contributed by atoms with E-state index < -0.39 is 29.9 Å². The molecule has 2 aliphatic heterocycles. The molecule has 0 spiro atoms. The first-order valence-corrected chi connectivity index (χ1v) is 8.62. The van der Waals surface area contributed by atoms with Crippen LogP contribution in [0.3, 0.4) is 0 Å². The first-order valence-electron chi connectivity index (χ1n) is 8.62. The number of imidazole rings is 1. The fraction of sp³-hybridized carbons (Fsp3) is 0.562. The Labute approximate surface area is 149 Å². The number of carbonyl (C=O) groups excluding carboxylic acids is 4. The van der Waals surface area contributed by atoms with Crippen LogP contribution in [-0.4, -0.2) is 63.2 Å². The summed E-state index contributed by atoms with van der Waals surface area (Å²) < 4.78 is 0. The highest BCUT2D eigenvalue weighted by Crippen LogP contribution is 2.19. The molecule has 3 rings (SSSR count). The van der Waals surface area contributed by atoms with E-state index in [1.807, 2.05) is 0 Å². The smallest absolute Gasteiger partial charge is 0.246 e. The van der Waals surface area contributed by atoms with Crippen molar-refractivity contribution >= 4 is 23.6 Å². The van der Waals surface area contributed by atoms with E-state index in [2.05, 4.69) is 20.6 Å². The van der Waals surface area contributed by atoms with Crippen molar-refractivity contribution in [3.05, 3.63) is 18.2 Å². The minimum Gasteiger partial charge on any atom is -0.368 e. The quantitative estimate of drug-likeness (QED) is 0.470. The predicted molar refractivity (Wildman–Crippen MR) is 89.3 cm³/mol. The summed E-state index contributed by atoms with van der Waals surface area (Å²) in [7, 11) is 0. The molecule has 3 atom stereocenters. The fourth-order valence-corrected chi connectivity index (χ4v) is 3.43. The average Bonchev–Trinajstić information content (AvgIpc) is 3.34. The molecule has 5 N–H and O–H groups in total. The molecule has 0 bridgehead atoms. The van der Waals surface area contributed by atoms with E-state index in [0.29, 0.717) is 31.5 Å². The maximum Gasteiger partial charge on any atom is 0.246 e. The number of primary amides is 1.